The van der Waals surface area contributed by atoms with Crippen molar-refractivity contribution in [2.24, 2.45) is 5.92 Å². The van der Waals surface area contributed by atoms with Gasteiger partial charge in [-0.05, 0) is 18.1 Å². The van der Waals surface area contributed by atoms with Crippen LogP contribution in [0.2, 0.25) is 0 Å². The van der Waals surface area contributed by atoms with Crippen LogP contribution >= 0.6 is 0 Å². The van der Waals surface area contributed by atoms with Gasteiger partial charge in [-0.3, -0.25) is 4.79 Å². The van der Waals surface area contributed by atoms with E-state index < -0.39 is 18.0 Å². The molecule has 0 bridgehead atoms. The minimum atomic E-state index is -1.05. The van der Waals surface area contributed by atoms with Crippen molar-refractivity contribution in [1.29, 1.82) is 0 Å². The maximum absolute atomic E-state index is 12.7. The fraction of sp³-hybridized carbons (Fsp3) is 0.421. The van der Waals surface area contributed by atoms with E-state index in [9.17, 15) is 19.5 Å². The average Bonchev–Trinajstić information content (AvgIpc) is 3.09. The van der Waals surface area contributed by atoms with Crippen LogP contribution in [0, 0.1) is 5.92 Å². The van der Waals surface area contributed by atoms with Crippen molar-refractivity contribution in [3.8, 4) is 0 Å². The lowest BCUT2D eigenvalue weighted by Crippen LogP contribution is -2.56. The van der Waals surface area contributed by atoms with Crippen molar-refractivity contribution in [1.82, 2.24) is 20.1 Å². The van der Waals surface area contributed by atoms with E-state index in [0.29, 0.717) is 31.9 Å². The highest BCUT2D eigenvalue weighted by atomic mass is 16.4. The number of nitrogens with one attached hydrogen (secondary N) is 2. The number of aromatic amines is 1. The Kier molecular flexibility index (Phi) is 5.34. The van der Waals surface area contributed by atoms with Crippen LogP contribution in [-0.2, 0) is 4.79 Å². The average molecular weight is 372 g/mol. The number of piperazine rings is 1. The highest BCUT2D eigenvalue weighted by Crippen LogP contribution is 2.17. The maximum atomic E-state index is 12.7. The molecule has 1 aliphatic rings. The van der Waals surface area contributed by atoms with Crippen molar-refractivity contribution in [3.63, 3.8) is 0 Å². The molecule has 0 spiro atoms. The van der Waals surface area contributed by atoms with Gasteiger partial charge in [-0.25, -0.2) is 9.59 Å². The summed E-state index contributed by atoms with van der Waals surface area (Å²) in [7, 11) is 0. The number of rotatable bonds is 4. The summed E-state index contributed by atoms with van der Waals surface area (Å²) in [6.45, 7) is 5.03. The van der Waals surface area contributed by atoms with Gasteiger partial charge in [-0.2, -0.15) is 0 Å². The van der Waals surface area contributed by atoms with E-state index in [1.54, 1.807) is 23.6 Å². The first-order chi connectivity index (χ1) is 12.9. The molecule has 1 atom stereocenters. The Hall–Kier alpha value is -3.03. The zero-order valence-corrected chi connectivity index (χ0v) is 15.4. The first kappa shape index (κ1) is 18.8. The predicted octanol–water partition coefficient (Wildman–Crippen LogP) is 1.74. The molecule has 0 aliphatic carbocycles. The summed E-state index contributed by atoms with van der Waals surface area (Å²) in [6.07, 6.45) is 0. The molecule has 0 saturated carbocycles. The third-order valence-corrected chi connectivity index (χ3v) is 4.83. The van der Waals surface area contributed by atoms with E-state index in [-0.39, 0.29) is 11.8 Å². The predicted molar refractivity (Wildman–Crippen MR) is 101 cm³/mol. The van der Waals surface area contributed by atoms with Gasteiger partial charge in [0, 0.05) is 37.1 Å². The maximum Gasteiger partial charge on any atom is 0.326 e. The molecule has 1 aliphatic heterocycles. The molecular formula is C19H24N4O4. The number of H-pyrrole nitrogens is 1. The first-order valence-electron chi connectivity index (χ1n) is 9.02. The first-order valence-corrected chi connectivity index (χ1v) is 9.02. The Labute approximate surface area is 157 Å². The van der Waals surface area contributed by atoms with Crippen molar-refractivity contribution >= 4 is 28.8 Å². The van der Waals surface area contributed by atoms with Crippen LogP contribution in [0.4, 0.5) is 4.79 Å². The normalized spacial score (nSPS) is 15.8. The van der Waals surface area contributed by atoms with Crippen LogP contribution in [-0.4, -0.2) is 70.0 Å². The largest absolute Gasteiger partial charge is 0.480 e. The Morgan fingerprint density at radius 1 is 1.07 bits per heavy atom. The van der Waals surface area contributed by atoms with Gasteiger partial charge >= 0.3 is 12.0 Å². The SMILES string of the molecule is CC(C)[C@@H](NC(=O)N1CCN(C(=O)c2cc3ccccc3[nH]2)CC1)C(=O)O. The molecule has 3 N–H and O–H groups in total. The summed E-state index contributed by atoms with van der Waals surface area (Å²) >= 11 is 0. The quantitative estimate of drug-likeness (QED) is 0.760. The van der Waals surface area contributed by atoms with E-state index in [0.717, 1.165) is 10.9 Å². The summed E-state index contributed by atoms with van der Waals surface area (Å²) in [6, 6.07) is 8.18. The molecule has 1 aromatic carbocycles. The van der Waals surface area contributed by atoms with Gasteiger partial charge in [0.25, 0.3) is 5.91 Å². The Balaban J connectivity index is 1.58. The Bertz CT molecular complexity index is 819. The van der Waals surface area contributed by atoms with Crippen molar-refractivity contribution in [2.45, 2.75) is 19.9 Å². The third-order valence-electron chi connectivity index (χ3n) is 4.83. The molecule has 1 saturated heterocycles. The smallest absolute Gasteiger partial charge is 0.326 e. The fourth-order valence-electron chi connectivity index (χ4n) is 3.21. The molecule has 8 nitrogen and oxygen atoms in total. The van der Waals surface area contributed by atoms with Crippen molar-refractivity contribution in [3.05, 3.63) is 36.0 Å². The number of aromatic nitrogens is 1. The molecule has 27 heavy (non-hydrogen) atoms. The highest BCUT2D eigenvalue weighted by molar-refractivity contribution is 5.98. The molecule has 0 radical (unpaired) electrons. The number of urea groups is 1. The van der Waals surface area contributed by atoms with E-state index >= 15 is 0 Å². The van der Waals surface area contributed by atoms with Gasteiger partial charge in [0.1, 0.15) is 11.7 Å². The van der Waals surface area contributed by atoms with Crippen LogP contribution in [0.3, 0.4) is 0 Å². The third kappa shape index (κ3) is 4.05. The van der Waals surface area contributed by atoms with Gasteiger partial charge in [0.05, 0.1) is 0 Å². The molecule has 3 amide bonds. The Morgan fingerprint density at radius 2 is 1.70 bits per heavy atom. The summed E-state index contributed by atoms with van der Waals surface area (Å²) < 4.78 is 0. The van der Waals surface area contributed by atoms with Crippen LogP contribution in [0.25, 0.3) is 10.9 Å². The molecule has 2 aromatic rings. The monoisotopic (exact) mass is 372 g/mol. The second-order valence-electron chi connectivity index (χ2n) is 7.06. The van der Waals surface area contributed by atoms with Gasteiger partial charge in [-0.1, -0.05) is 32.0 Å². The van der Waals surface area contributed by atoms with Crippen molar-refractivity contribution in [2.75, 3.05) is 26.2 Å². The summed E-state index contributed by atoms with van der Waals surface area (Å²) in [4.78, 5) is 42.6. The number of aliphatic carboxylic acids is 1. The van der Waals surface area contributed by atoms with E-state index in [2.05, 4.69) is 10.3 Å². The minimum absolute atomic E-state index is 0.100. The van der Waals surface area contributed by atoms with E-state index in [1.165, 1.54) is 0 Å². The van der Waals surface area contributed by atoms with Crippen LogP contribution < -0.4 is 5.32 Å². The van der Waals surface area contributed by atoms with Crippen molar-refractivity contribution < 1.29 is 19.5 Å². The molecule has 0 unspecified atom stereocenters. The minimum Gasteiger partial charge on any atom is -0.480 e. The van der Waals surface area contributed by atoms with Crippen LogP contribution in [0.15, 0.2) is 30.3 Å². The lowest BCUT2D eigenvalue weighted by Gasteiger charge is -2.35. The fourth-order valence-corrected chi connectivity index (χ4v) is 3.21. The summed E-state index contributed by atoms with van der Waals surface area (Å²) in [5, 5.41) is 12.7. The summed E-state index contributed by atoms with van der Waals surface area (Å²) in [5.41, 5.74) is 1.44. The number of para-hydroxylation sites is 1. The van der Waals surface area contributed by atoms with Gasteiger partial charge in [0.2, 0.25) is 0 Å². The number of hydrogen-bond donors (Lipinski definition) is 3. The second kappa shape index (κ2) is 7.69. The molecule has 144 valence electrons. The van der Waals surface area contributed by atoms with E-state index in [1.807, 2.05) is 30.3 Å². The number of benzene rings is 1. The lowest BCUT2D eigenvalue weighted by atomic mass is 10.1. The highest BCUT2D eigenvalue weighted by Gasteiger charge is 2.29. The number of hydrogen-bond acceptors (Lipinski definition) is 3. The molecule has 1 fully saturated rings. The molecular weight excluding hydrogens is 348 g/mol. The number of fused-ring (bicyclic) bond motifs is 1. The summed E-state index contributed by atoms with van der Waals surface area (Å²) in [5.74, 6) is -1.36. The number of carboxylic acids is 1. The number of carboxylic acid groups (broad SMARTS) is 1. The number of carbonyl (C=O) groups excluding carboxylic acids is 2. The van der Waals surface area contributed by atoms with Crippen LogP contribution in [0.5, 0.6) is 0 Å². The van der Waals surface area contributed by atoms with E-state index in [4.69, 9.17) is 0 Å². The van der Waals surface area contributed by atoms with Gasteiger partial charge < -0.3 is 25.2 Å². The topological polar surface area (TPSA) is 106 Å². The zero-order chi connectivity index (χ0) is 19.6. The van der Waals surface area contributed by atoms with Gasteiger partial charge in [0.15, 0.2) is 0 Å². The number of carbonyl (C=O) groups is 3. The lowest BCUT2D eigenvalue weighted by molar-refractivity contribution is -0.140. The second-order valence-corrected chi connectivity index (χ2v) is 7.06. The molecule has 2 heterocycles. The molecule has 8 heteroatoms. The number of amides is 3. The standard InChI is InChI=1S/C19H24N4O4/c1-12(2)16(18(25)26)21-19(27)23-9-7-22(8-10-23)17(24)15-11-13-5-3-4-6-14(13)20-15/h3-6,11-12,16,20H,7-10H2,1-2H3,(H,21,27)(H,25,26)/t16-/m1/s1. The molecule has 3 rings (SSSR count). The zero-order valence-electron chi connectivity index (χ0n) is 15.4. The Morgan fingerprint density at radius 3 is 2.30 bits per heavy atom. The van der Waals surface area contributed by atoms with Gasteiger partial charge in [-0.15, -0.1) is 0 Å². The molecule has 1 aromatic heterocycles. The van der Waals surface area contributed by atoms with Crippen LogP contribution in [0.1, 0.15) is 24.3 Å². The number of nitrogens with zero attached hydrogens (tertiary/aromatic N) is 2.